The molecule has 1 aromatic heterocycles. The zero-order chi connectivity index (χ0) is 16.4. The van der Waals surface area contributed by atoms with Crippen LogP contribution < -0.4 is 9.47 Å². The van der Waals surface area contributed by atoms with Gasteiger partial charge in [-0.15, -0.1) is 11.3 Å². The number of allylic oxidation sites excluding steroid dienone is 1. The van der Waals surface area contributed by atoms with Crippen LogP contribution in [-0.4, -0.2) is 17.7 Å². The standard InChI is InChI=1S/C18H18N2O2S/c1-4-21-16-7-13-5-12(3)22-17(13)8-14(16)6-15(9-19)18-20-11(2)10-23-18/h6-8,10,12H,4-5H2,1-3H3/b15-6+/t12-/m1/s1. The maximum atomic E-state index is 9.48. The Balaban J connectivity index is 2.06. The van der Waals surface area contributed by atoms with E-state index in [2.05, 4.69) is 18.0 Å². The van der Waals surface area contributed by atoms with Crippen LogP contribution >= 0.6 is 11.3 Å². The molecule has 1 aliphatic heterocycles. The third-order valence-corrected chi connectivity index (χ3v) is 4.59. The van der Waals surface area contributed by atoms with Gasteiger partial charge >= 0.3 is 0 Å². The molecule has 0 spiro atoms. The van der Waals surface area contributed by atoms with Gasteiger partial charge in [0.15, 0.2) is 0 Å². The summed E-state index contributed by atoms with van der Waals surface area (Å²) in [5.41, 5.74) is 3.46. The Bertz CT molecular complexity index is 802. The van der Waals surface area contributed by atoms with Gasteiger partial charge in [-0.05, 0) is 39.0 Å². The Morgan fingerprint density at radius 1 is 1.57 bits per heavy atom. The van der Waals surface area contributed by atoms with E-state index in [4.69, 9.17) is 9.47 Å². The largest absolute Gasteiger partial charge is 0.493 e. The van der Waals surface area contributed by atoms with Crippen LogP contribution in [0.1, 0.15) is 35.7 Å². The van der Waals surface area contributed by atoms with Gasteiger partial charge in [0.25, 0.3) is 0 Å². The summed E-state index contributed by atoms with van der Waals surface area (Å²) in [6.07, 6.45) is 2.89. The second kappa shape index (κ2) is 6.43. The third kappa shape index (κ3) is 3.22. The van der Waals surface area contributed by atoms with Crippen molar-refractivity contribution in [1.29, 1.82) is 5.26 Å². The second-order valence-corrected chi connectivity index (χ2v) is 6.39. The van der Waals surface area contributed by atoms with Crippen molar-refractivity contribution in [1.82, 2.24) is 4.98 Å². The summed E-state index contributed by atoms with van der Waals surface area (Å²) >= 11 is 1.47. The lowest BCUT2D eigenvalue weighted by Gasteiger charge is -2.10. The van der Waals surface area contributed by atoms with Crippen molar-refractivity contribution in [3.05, 3.63) is 39.3 Å². The first-order valence-electron chi connectivity index (χ1n) is 7.61. The molecule has 0 radical (unpaired) electrons. The highest BCUT2D eigenvalue weighted by Crippen LogP contribution is 2.37. The van der Waals surface area contributed by atoms with Gasteiger partial charge in [-0.1, -0.05) is 0 Å². The molecule has 0 amide bonds. The number of fused-ring (bicyclic) bond motifs is 1. The molecule has 118 valence electrons. The zero-order valence-corrected chi connectivity index (χ0v) is 14.2. The van der Waals surface area contributed by atoms with E-state index in [0.717, 1.165) is 39.7 Å². The SMILES string of the molecule is CCOc1cc2c(cc1/C=C(\C#N)c1nc(C)cs1)O[C@H](C)C2. The molecule has 2 aromatic rings. The van der Waals surface area contributed by atoms with Crippen molar-refractivity contribution >= 4 is 23.0 Å². The molecule has 5 heteroatoms. The van der Waals surface area contributed by atoms with Crippen LogP contribution in [0.3, 0.4) is 0 Å². The topological polar surface area (TPSA) is 55.1 Å². The minimum absolute atomic E-state index is 0.177. The number of benzene rings is 1. The number of hydrogen-bond acceptors (Lipinski definition) is 5. The lowest BCUT2D eigenvalue weighted by molar-refractivity contribution is 0.254. The lowest BCUT2D eigenvalue weighted by atomic mass is 10.0. The van der Waals surface area contributed by atoms with Gasteiger partial charge in [0, 0.05) is 28.6 Å². The number of nitrogens with zero attached hydrogens (tertiary/aromatic N) is 2. The smallest absolute Gasteiger partial charge is 0.134 e. The molecule has 1 aliphatic rings. The van der Waals surface area contributed by atoms with E-state index in [-0.39, 0.29) is 6.10 Å². The van der Waals surface area contributed by atoms with Crippen molar-refractivity contribution in [2.75, 3.05) is 6.61 Å². The highest BCUT2D eigenvalue weighted by molar-refractivity contribution is 7.11. The molecule has 3 rings (SSSR count). The van der Waals surface area contributed by atoms with Crippen LogP contribution in [0.5, 0.6) is 11.5 Å². The van der Waals surface area contributed by atoms with E-state index in [0.29, 0.717) is 12.2 Å². The summed E-state index contributed by atoms with van der Waals surface area (Å²) in [6, 6.07) is 6.22. The maximum Gasteiger partial charge on any atom is 0.134 e. The first-order chi connectivity index (χ1) is 11.1. The van der Waals surface area contributed by atoms with Gasteiger partial charge in [-0.2, -0.15) is 5.26 Å². The molecule has 1 aromatic carbocycles. The van der Waals surface area contributed by atoms with Crippen LogP contribution in [-0.2, 0) is 6.42 Å². The number of nitriles is 1. The van der Waals surface area contributed by atoms with Crippen LogP contribution in [0, 0.1) is 18.3 Å². The molecule has 4 nitrogen and oxygen atoms in total. The highest BCUT2D eigenvalue weighted by atomic mass is 32.1. The lowest BCUT2D eigenvalue weighted by Crippen LogP contribution is -2.05. The van der Waals surface area contributed by atoms with Gasteiger partial charge in [0.1, 0.15) is 28.7 Å². The average molecular weight is 326 g/mol. The van der Waals surface area contributed by atoms with E-state index in [9.17, 15) is 5.26 Å². The summed E-state index contributed by atoms with van der Waals surface area (Å²) < 4.78 is 11.6. The Morgan fingerprint density at radius 3 is 3.04 bits per heavy atom. The van der Waals surface area contributed by atoms with Crippen LogP contribution in [0.4, 0.5) is 0 Å². The number of aryl methyl sites for hydroxylation is 1. The molecule has 0 unspecified atom stereocenters. The fraction of sp³-hybridized carbons (Fsp3) is 0.333. The molecule has 0 N–H and O–H groups in total. The number of rotatable bonds is 4. The molecule has 2 heterocycles. The number of thiazole rings is 1. The Kier molecular flexibility index (Phi) is 4.35. The fourth-order valence-electron chi connectivity index (χ4n) is 2.62. The first kappa shape index (κ1) is 15.6. The number of aromatic nitrogens is 1. The predicted molar refractivity (Wildman–Crippen MR) is 91.7 cm³/mol. The third-order valence-electron chi connectivity index (χ3n) is 3.60. The van der Waals surface area contributed by atoms with Crippen molar-refractivity contribution in [3.8, 4) is 17.6 Å². The highest BCUT2D eigenvalue weighted by Gasteiger charge is 2.21. The van der Waals surface area contributed by atoms with Crippen LogP contribution in [0.2, 0.25) is 0 Å². The van der Waals surface area contributed by atoms with Crippen molar-refractivity contribution in [2.24, 2.45) is 0 Å². The average Bonchev–Trinajstić information content (AvgIpc) is 3.09. The van der Waals surface area contributed by atoms with Crippen molar-refractivity contribution in [2.45, 2.75) is 33.3 Å². The molecule has 1 atom stereocenters. The van der Waals surface area contributed by atoms with Gasteiger partial charge < -0.3 is 9.47 Å². The normalized spacial score (nSPS) is 16.6. The van der Waals surface area contributed by atoms with Crippen LogP contribution in [0.25, 0.3) is 11.6 Å². The van der Waals surface area contributed by atoms with Gasteiger partial charge in [0.05, 0.1) is 12.2 Å². The van der Waals surface area contributed by atoms with E-state index in [1.165, 1.54) is 11.3 Å². The predicted octanol–water partition coefficient (Wildman–Crippen LogP) is 4.24. The molecule has 0 aliphatic carbocycles. The van der Waals surface area contributed by atoms with E-state index in [1.807, 2.05) is 37.4 Å². The monoisotopic (exact) mass is 326 g/mol. The summed E-state index contributed by atoms with van der Waals surface area (Å²) in [5.74, 6) is 1.66. The zero-order valence-electron chi connectivity index (χ0n) is 13.4. The van der Waals surface area contributed by atoms with Gasteiger partial charge in [0.2, 0.25) is 0 Å². The van der Waals surface area contributed by atoms with Gasteiger partial charge in [-0.25, -0.2) is 4.98 Å². The molecule has 23 heavy (non-hydrogen) atoms. The van der Waals surface area contributed by atoms with Gasteiger partial charge in [-0.3, -0.25) is 0 Å². The molecular weight excluding hydrogens is 308 g/mol. The minimum atomic E-state index is 0.177. The molecule has 0 saturated carbocycles. The second-order valence-electron chi connectivity index (χ2n) is 5.53. The van der Waals surface area contributed by atoms with E-state index in [1.54, 1.807) is 0 Å². The quantitative estimate of drug-likeness (QED) is 0.789. The number of hydrogen-bond donors (Lipinski definition) is 0. The molecule has 0 fully saturated rings. The summed E-state index contributed by atoms with van der Waals surface area (Å²) in [7, 11) is 0. The summed E-state index contributed by atoms with van der Waals surface area (Å²) in [6.45, 7) is 6.50. The van der Waals surface area contributed by atoms with E-state index >= 15 is 0 Å². The Labute approximate surface area is 140 Å². The first-order valence-corrected chi connectivity index (χ1v) is 8.49. The number of ether oxygens (including phenoxy) is 2. The van der Waals surface area contributed by atoms with Crippen molar-refractivity contribution < 1.29 is 9.47 Å². The van der Waals surface area contributed by atoms with Crippen LogP contribution in [0.15, 0.2) is 17.5 Å². The minimum Gasteiger partial charge on any atom is -0.493 e. The Hall–Kier alpha value is -2.32. The summed E-state index contributed by atoms with van der Waals surface area (Å²) in [4.78, 5) is 4.39. The van der Waals surface area contributed by atoms with Crippen molar-refractivity contribution in [3.63, 3.8) is 0 Å². The maximum absolute atomic E-state index is 9.48. The molecular formula is C18H18N2O2S. The molecule has 0 bridgehead atoms. The summed E-state index contributed by atoms with van der Waals surface area (Å²) in [5, 5.41) is 12.1. The Morgan fingerprint density at radius 2 is 2.39 bits per heavy atom. The molecule has 0 saturated heterocycles. The van der Waals surface area contributed by atoms with E-state index < -0.39 is 0 Å². The fourth-order valence-corrected chi connectivity index (χ4v) is 3.39.